The Hall–Kier alpha value is -2.95. The lowest BCUT2D eigenvalue weighted by Gasteiger charge is -2.12. The maximum absolute atomic E-state index is 11.5. The zero-order valence-corrected chi connectivity index (χ0v) is 13.2. The van der Waals surface area contributed by atoms with Gasteiger partial charge in [-0.2, -0.15) is 0 Å². The van der Waals surface area contributed by atoms with E-state index in [9.17, 15) is 9.90 Å². The standard InChI is InChI=1S/C18H17N3O2/c1-11-7-9-14(10-8-11)17-16(18(22)23)19-20-21(17)15-6-4-5-12(2)13(15)3/h4-10H,1-3H3,(H,22,23). The fourth-order valence-electron chi connectivity index (χ4n) is 2.53. The molecule has 0 saturated carbocycles. The highest BCUT2D eigenvalue weighted by atomic mass is 16.4. The highest BCUT2D eigenvalue weighted by Crippen LogP contribution is 2.27. The smallest absolute Gasteiger partial charge is 0.358 e. The molecule has 0 aliphatic carbocycles. The van der Waals surface area contributed by atoms with Crippen molar-refractivity contribution < 1.29 is 9.90 Å². The van der Waals surface area contributed by atoms with Crippen LogP contribution in [0.1, 0.15) is 27.2 Å². The number of carbonyl (C=O) groups is 1. The first kappa shape index (κ1) is 15.0. The Morgan fingerprint density at radius 1 is 1.04 bits per heavy atom. The van der Waals surface area contributed by atoms with Crippen molar-refractivity contribution >= 4 is 5.97 Å². The lowest BCUT2D eigenvalue weighted by molar-refractivity contribution is 0.0691. The van der Waals surface area contributed by atoms with Gasteiger partial charge in [0.1, 0.15) is 5.69 Å². The first-order valence-corrected chi connectivity index (χ1v) is 7.31. The van der Waals surface area contributed by atoms with E-state index in [4.69, 9.17) is 0 Å². The topological polar surface area (TPSA) is 68.0 Å². The molecule has 0 atom stereocenters. The van der Waals surface area contributed by atoms with Crippen molar-refractivity contribution in [3.05, 3.63) is 64.8 Å². The Kier molecular flexibility index (Phi) is 3.70. The van der Waals surface area contributed by atoms with Gasteiger partial charge >= 0.3 is 5.97 Å². The third-order valence-corrected chi connectivity index (χ3v) is 4.00. The Bertz CT molecular complexity index is 880. The molecule has 0 aliphatic heterocycles. The minimum absolute atomic E-state index is 0.0465. The number of rotatable bonds is 3. The number of aromatic nitrogens is 3. The Balaban J connectivity index is 2.28. The normalized spacial score (nSPS) is 10.7. The monoisotopic (exact) mass is 307 g/mol. The van der Waals surface area contributed by atoms with E-state index in [2.05, 4.69) is 10.3 Å². The van der Waals surface area contributed by atoms with Crippen molar-refractivity contribution in [2.45, 2.75) is 20.8 Å². The number of nitrogens with zero attached hydrogens (tertiary/aromatic N) is 3. The number of carboxylic acid groups (broad SMARTS) is 1. The Labute approximate surface area is 134 Å². The molecule has 0 unspecified atom stereocenters. The molecule has 0 saturated heterocycles. The average Bonchev–Trinajstić information content (AvgIpc) is 2.96. The maximum atomic E-state index is 11.5. The van der Waals surface area contributed by atoms with Crippen LogP contribution in [0, 0.1) is 20.8 Å². The van der Waals surface area contributed by atoms with Gasteiger partial charge < -0.3 is 5.11 Å². The summed E-state index contributed by atoms with van der Waals surface area (Å²) in [7, 11) is 0. The third kappa shape index (κ3) is 2.61. The maximum Gasteiger partial charge on any atom is 0.358 e. The summed E-state index contributed by atoms with van der Waals surface area (Å²) >= 11 is 0. The fourth-order valence-corrected chi connectivity index (χ4v) is 2.53. The van der Waals surface area contributed by atoms with E-state index >= 15 is 0 Å². The largest absolute Gasteiger partial charge is 0.476 e. The van der Waals surface area contributed by atoms with E-state index in [-0.39, 0.29) is 5.69 Å². The van der Waals surface area contributed by atoms with Gasteiger partial charge in [-0.25, -0.2) is 9.48 Å². The molecular formula is C18H17N3O2. The third-order valence-electron chi connectivity index (χ3n) is 4.00. The second-order valence-corrected chi connectivity index (χ2v) is 5.59. The van der Waals surface area contributed by atoms with Crippen LogP contribution in [-0.4, -0.2) is 26.1 Å². The Morgan fingerprint density at radius 2 is 1.74 bits per heavy atom. The first-order chi connectivity index (χ1) is 11.0. The molecule has 0 aliphatic rings. The van der Waals surface area contributed by atoms with Gasteiger partial charge in [-0.3, -0.25) is 0 Å². The minimum Gasteiger partial charge on any atom is -0.476 e. The molecule has 2 aromatic carbocycles. The molecule has 0 radical (unpaired) electrons. The molecule has 3 aromatic rings. The summed E-state index contributed by atoms with van der Waals surface area (Å²) in [6.45, 7) is 5.99. The van der Waals surface area contributed by atoms with Crippen LogP contribution in [0.2, 0.25) is 0 Å². The number of benzene rings is 2. The molecular weight excluding hydrogens is 290 g/mol. The average molecular weight is 307 g/mol. The van der Waals surface area contributed by atoms with Crippen LogP contribution in [0.25, 0.3) is 16.9 Å². The summed E-state index contributed by atoms with van der Waals surface area (Å²) in [6, 6.07) is 13.5. The molecule has 0 spiro atoms. The molecule has 5 heteroatoms. The van der Waals surface area contributed by atoms with E-state index in [0.29, 0.717) is 5.69 Å². The zero-order valence-electron chi connectivity index (χ0n) is 13.2. The summed E-state index contributed by atoms with van der Waals surface area (Å²) in [5, 5.41) is 17.4. The molecule has 5 nitrogen and oxygen atoms in total. The van der Waals surface area contributed by atoms with Gasteiger partial charge in [-0.05, 0) is 38.0 Å². The van der Waals surface area contributed by atoms with Gasteiger partial charge in [0.2, 0.25) is 0 Å². The molecule has 23 heavy (non-hydrogen) atoms. The van der Waals surface area contributed by atoms with Crippen molar-refractivity contribution in [3.8, 4) is 16.9 Å². The van der Waals surface area contributed by atoms with E-state index in [0.717, 1.165) is 27.9 Å². The van der Waals surface area contributed by atoms with Gasteiger partial charge in [0.25, 0.3) is 0 Å². The summed E-state index contributed by atoms with van der Waals surface area (Å²) in [5.74, 6) is -1.09. The van der Waals surface area contributed by atoms with Gasteiger partial charge in [0, 0.05) is 5.56 Å². The van der Waals surface area contributed by atoms with Crippen LogP contribution >= 0.6 is 0 Å². The van der Waals surface area contributed by atoms with Crippen LogP contribution in [0.15, 0.2) is 42.5 Å². The molecule has 0 bridgehead atoms. The summed E-state index contributed by atoms with van der Waals surface area (Å²) in [4.78, 5) is 11.5. The molecule has 1 heterocycles. The van der Waals surface area contributed by atoms with E-state index in [1.54, 1.807) is 4.68 Å². The number of hydrogen-bond donors (Lipinski definition) is 1. The van der Waals surface area contributed by atoms with Crippen molar-refractivity contribution in [2.75, 3.05) is 0 Å². The summed E-state index contributed by atoms with van der Waals surface area (Å²) < 4.78 is 1.61. The predicted molar refractivity (Wildman–Crippen MR) is 88.0 cm³/mol. The number of hydrogen-bond acceptors (Lipinski definition) is 3. The fraction of sp³-hybridized carbons (Fsp3) is 0.167. The van der Waals surface area contributed by atoms with Gasteiger partial charge in [-0.1, -0.05) is 47.2 Å². The van der Waals surface area contributed by atoms with Crippen molar-refractivity contribution in [1.29, 1.82) is 0 Å². The molecule has 1 aromatic heterocycles. The van der Waals surface area contributed by atoms with Gasteiger partial charge in [0.15, 0.2) is 5.69 Å². The van der Waals surface area contributed by atoms with Crippen LogP contribution in [-0.2, 0) is 0 Å². The zero-order chi connectivity index (χ0) is 16.6. The Morgan fingerprint density at radius 3 is 2.39 bits per heavy atom. The van der Waals surface area contributed by atoms with Crippen LogP contribution in [0.5, 0.6) is 0 Å². The predicted octanol–water partition coefficient (Wildman–Crippen LogP) is 3.56. The SMILES string of the molecule is Cc1ccc(-c2c(C(=O)O)nnn2-c2cccc(C)c2C)cc1. The van der Waals surface area contributed by atoms with Crippen molar-refractivity contribution in [1.82, 2.24) is 15.0 Å². The second kappa shape index (κ2) is 5.68. The van der Waals surface area contributed by atoms with Gasteiger partial charge in [0.05, 0.1) is 5.69 Å². The number of carboxylic acids is 1. The number of aryl methyl sites for hydroxylation is 2. The van der Waals surface area contributed by atoms with Crippen molar-refractivity contribution in [3.63, 3.8) is 0 Å². The highest BCUT2D eigenvalue weighted by molar-refractivity contribution is 5.93. The molecule has 0 amide bonds. The van der Waals surface area contributed by atoms with Crippen LogP contribution in [0.3, 0.4) is 0 Å². The summed E-state index contributed by atoms with van der Waals surface area (Å²) in [5.41, 5.74) is 5.32. The first-order valence-electron chi connectivity index (χ1n) is 7.31. The lowest BCUT2D eigenvalue weighted by atomic mass is 10.1. The van der Waals surface area contributed by atoms with E-state index in [1.165, 1.54) is 0 Å². The van der Waals surface area contributed by atoms with E-state index in [1.807, 2.05) is 63.2 Å². The number of aromatic carboxylic acids is 1. The molecule has 116 valence electrons. The van der Waals surface area contributed by atoms with E-state index < -0.39 is 5.97 Å². The quantitative estimate of drug-likeness (QED) is 0.803. The second-order valence-electron chi connectivity index (χ2n) is 5.59. The molecule has 3 rings (SSSR count). The highest BCUT2D eigenvalue weighted by Gasteiger charge is 2.22. The lowest BCUT2D eigenvalue weighted by Crippen LogP contribution is -2.05. The van der Waals surface area contributed by atoms with Gasteiger partial charge in [-0.15, -0.1) is 5.10 Å². The molecule has 0 fully saturated rings. The molecule has 1 N–H and O–H groups in total. The van der Waals surface area contributed by atoms with Crippen LogP contribution < -0.4 is 0 Å². The van der Waals surface area contributed by atoms with Crippen LogP contribution in [0.4, 0.5) is 0 Å². The minimum atomic E-state index is -1.09. The summed E-state index contributed by atoms with van der Waals surface area (Å²) in [6.07, 6.45) is 0. The van der Waals surface area contributed by atoms with Crippen molar-refractivity contribution in [2.24, 2.45) is 0 Å².